The number of dihydropyridines is 1. The van der Waals surface area contributed by atoms with Crippen molar-refractivity contribution < 1.29 is 23.9 Å². The molecule has 1 heterocycles. The topological polar surface area (TPSA) is 84.9 Å². The van der Waals surface area contributed by atoms with E-state index in [4.69, 9.17) is 9.47 Å². The largest absolute Gasteiger partial charge is 0.468 e. The molecule has 0 aromatic heterocycles. The van der Waals surface area contributed by atoms with Gasteiger partial charge in [-0.3, -0.25) is 9.59 Å². The van der Waals surface area contributed by atoms with E-state index < -0.39 is 23.8 Å². The molecule has 1 aromatic carbocycles. The molecular formula is C27H36N2O5. The van der Waals surface area contributed by atoms with Gasteiger partial charge in [-0.05, 0) is 57.2 Å². The lowest BCUT2D eigenvalue weighted by molar-refractivity contribution is -0.151. The summed E-state index contributed by atoms with van der Waals surface area (Å²) in [5, 5.41) is 3.29. The minimum Gasteiger partial charge on any atom is -0.468 e. The van der Waals surface area contributed by atoms with E-state index in [9.17, 15) is 14.4 Å². The van der Waals surface area contributed by atoms with Crippen LogP contribution >= 0.6 is 0 Å². The number of anilines is 1. The van der Waals surface area contributed by atoms with Crippen molar-refractivity contribution in [2.75, 3.05) is 31.7 Å². The van der Waals surface area contributed by atoms with Gasteiger partial charge in [0.2, 0.25) is 0 Å². The predicted molar refractivity (Wildman–Crippen MR) is 131 cm³/mol. The van der Waals surface area contributed by atoms with E-state index in [2.05, 4.69) is 24.1 Å². The van der Waals surface area contributed by atoms with Gasteiger partial charge in [-0.1, -0.05) is 26.0 Å². The first kappa shape index (κ1) is 25.5. The molecule has 0 saturated carbocycles. The second-order valence-corrected chi connectivity index (χ2v) is 8.94. The van der Waals surface area contributed by atoms with E-state index in [-0.39, 0.29) is 11.7 Å². The maximum absolute atomic E-state index is 13.7. The van der Waals surface area contributed by atoms with Crippen LogP contribution in [0.15, 0.2) is 46.8 Å². The second kappa shape index (κ2) is 10.9. The Labute approximate surface area is 202 Å². The van der Waals surface area contributed by atoms with Crippen molar-refractivity contribution in [2.45, 2.75) is 53.4 Å². The highest BCUT2D eigenvalue weighted by molar-refractivity contribution is 6.12. The highest BCUT2D eigenvalue weighted by atomic mass is 16.5. The second-order valence-electron chi connectivity index (χ2n) is 8.94. The SMILES string of the molecule is CCCOC(=O)C1=C(C)NC2=C(C(=O)[C@H](C(=O)OC)[C@H](C)C2)[C@H]1c1ccc(N(CC)CC)cc1. The first-order valence-corrected chi connectivity index (χ1v) is 12.1. The maximum atomic E-state index is 13.7. The lowest BCUT2D eigenvalue weighted by Crippen LogP contribution is -2.43. The van der Waals surface area contributed by atoms with Crippen molar-refractivity contribution >= 4 is 23.4 Å². The number of nitrogens with zero attached hydrogens (tertiary/aromatic N) is 1. The normalized spacial score (nSPS) is 22.2. The molecule has 3 atom stereocenters. The molecule has 7 heteroatoms. The molecule has 0 unspecified atom stereocenters. The van der Waals surface area contributed by atoms with Gasteiger partial charge in [0, 0.05) is 41.7 Å². The Hall–Kier alpha value is -3.09. The summed E-state index contributed by atoms with van der Waals surface area (Å²) in [7, 11) is 1.30. The van der Waals surface area contributed by atoms with Crippen molar-refractivity contribution in [3.05, 3.63) is 52.4 Å². The number of carbonyl (C=O) groups is 3. The third kappa shape index (κ3) is 4.74. The number of benzene rings is 1. The minimum atomic E-state index is -0.894. The van der Waals surface area contributed by atoms with Crippen LogP contribution in [-0.4, -0.2) is 44.5 Å². The Kier molecular flexibility index (Phi) is 8.18. The first-order chi connectivity index (χ1) is 16.3. The van der Waals surface area contributed by atoms with Crippen LogP contribution in [0.3, 0.4) is 0 Å². The summed E-state index contributed by atoms with van der Waals surface area (Å²) in [6.07, 6.45) is 1.22. The number of ketones is 1. The molecule has 0 spiro atoms. The maximum Gasteiger partial charge on any atom is 0.336 e. The zero-order valence-corrected chi connectivity index (χ0v) is 21.1. The fourth-order valence-electron chi connectivity index (χ4n) is 5.02. The summed E-state index contributed by atoms with van der Waals surface area (Å²) in [5.41, 5.74) is 4.20. The highest BCUT2D eigenvalue weighted by Crippen LogP contribution is 2.45. The molecule has 0 fully saturated rings. The molecule has 0 bridgehead atoms. The molecule has 1 aliphatic carbocycles. The number of methoxy groups -OCH3 is 1. The summed E-state index contributed by atoms with van der Waals surface area (Å²) in [6.45, 7) is 11.9. The van der Waals surface area contributed by atoms with Gasteiger partial charge in [0.25, 0.3) is 0 Å². The van der Waals surface area contributed by atoms with Crippen molar-refractivity contribution in [3.8, 4) is 0 Å². The average Bonchev–Trinajstić information content (AvgIpc) is 2.82. The van der Waals surface area contributed by atoms with Crippen LogP contribution in [0.2, 0.25) is 0 Å². The monoisotopic (exact) mass is 468 g/mol. The molecule has 1 aromatic rings. The number of hydrogen-bond donors (Lipinski definition) is 1. The molecular weight excluding hydrogens is 432 g/mol. The number of allylic oxidation sites excluding steroid dienone is 3. The van der Waals surface area contributed by atoms with Gasteiger partial charge in [-0.15, -0.1) is 0 Å². The van der Waals surface area contributed by atoms with Crippen LogP contribution in [0.4, 0.5) is 5.69 Å². The summed E-state index contributed by atoms with van der Waals surface area (Å²) < 4.78 is 10.5. The molecule has 2 aliphatic rings. The fourth-order valence-corrected chi connectivity index (χ4v) is 5.02. The highest BCUT2D eigenvalue weighted by Gasteiger charge is 2.47. The third-order valence-corrected chi connectivity index (χ3v) is 6.76. The fraction of sp³-hybridized carbons (Fsp3) is 0.519. The Morgan fingerprint density at radius 3 is 2.32 bits per heavy atom. The molecule has 1 aliphatic heterocycles. The van der Waals surface area contributed by atoms with E-state index in [1.54, 1.807) is 0 Å². The molecule has 184 valence electrons. The quantitative estimate of drug-likeness (QED) is 0.454. The molecule has 7 nitrogen and oxygen atoms in total. The van der Waals surface area contributed by atoms with E-state index in [1.807, 2.05) is 45.0 Å². The summed E-state index contributed by atoms with van der Waals surface area (Å²) in [5.74, 6) is -3.00. The Morgan fingerprint density at radius 1 is 1.12 bits per heavy atom. The lowest BCUT2D eigenvalue weighted by atomic mass is 9.69. The van der Waals surface area contributed by atoms with Gasteiger partial charge >= 0.3 is 11.9 Å². The van der Waals surface area contributed by atoms with Gasteiger partial charge in [-0.25, -0.2) is 4.79 Å². The van der Waals surface area contributed by atoms with Crippen LogP contribution < -0.4 is 10.2 Å². The van der Waals surface area contributed by atoms with Crippen LogP contribution in [0.25, 0.3) is 0 Å². The van der Waals surface area contributed by atoms with Gasteiger partial charge < -0.3 is 19.7 Å². The van der Waals surface area contributed by atoms with E-state index in [0.29, 0.717) is 36.3 Å². The Balaban J connectivity index is 2.13. The summed E-state index contributed by atoms with van der Waals surface area (Å²) >= 11 is 0. The van der Waals surface area contributed by atoms with Crippen molar-refractivity contribution in [1.29, 1.82) is 0 Å². The lowest BCUT2D eigenvalue weighted by Gasteiger charge is -2.38. The standard InChI is InChI=1S/C27H36N2O5/c1-7-14-34-27(32)22-17(5)28-20-15-16(4)21(26(31)33-6)25(30)24(20)23(22)18-10-12-19(13-11-18)29(8-2)9-3/h10-13,16,21,23,28H,7-9,14-15H2,1-6H3/t16-,21-,23+/m1/s1. The molecule has 0 saturated heterocycles. The molecule has 0 amide bonds. The van der Waals surface area contributed by atoms with Crippen LogP contribution in [0, 0.1) is 11.8 Å². The van der Waals surface area contributed by atoms with Crippen LogP contribution in [0.1, 0.15) is 58.9 Å². The number of hydrogen-bond acceptors (Lipinski definition) is 7. The van der Waals surface area contributed by atoms with Crippen molar-refractivity contribution in [2.24, 2.45) is 11.8 Å². The van der Waals surface area contributed by atoms with Gasteiger partial charge in [-0.2, -0.15) is 0 Å². The van der Waals surface area contributed by atoms with Crippen molar-refractivity contribution in [1.82, 2.24) is 5.32 Å². The van der Waals surface area contributed by atoms with Gasteiger partial charge in [0.1, 0.15) is 5.92 Å². The van der Waals surface area contributed by atoms with Crippen molar-refractivity contribution in [3.63, 3.8) is 0 Å². The third-order valence-electron chi connectivity index (χ3n) is 6.76. The van der Waals surface area contributed by atoms with Gasteiger partial charge in [0.05, 0.1) is 19.3 Å². The summed E-state index contributed by atoms with van der Waals surface area (Å²) in [6, 6.07) is 7.96. The average molecular weight is 469 g/mol. The Bertz CT molecular complexity index is 1000. The van der Waals surface area contributed by atoms with E-state index in [0.717, 1.165) is 30.0 Å². The van der Waals surface area contributed by atoms with Gasteiger partial charge in [0.15, 0.2) is 5.78 Å². The zero-order valence-electron chi connectivity index (χ0n) is 21.1. The zero-order chi connectivity index (χ0) is 25.0. The molecule has 34 heavy (non-hydrogen) atoms. The number of carbonyl (C=O) groups excluding carboxylic acids is 3. The Morgan fingerprint density at radius 2 is 1.76 bits per heavy atom. The predicted octanol–water partition coefficient (Wildman–Crippen LogP) is 4.10. The minimum absolute atomic E-state index is 0.210. The first-order valence-electron chi connectivity index (χ1n) is 12.1. The number of rotatable bonds is 8. The number of nitrogens with one attached hydrogen (secondary N) is 1. The summed E-state index contributed by atoms with van der Waals surface area (Å²) in [4.78, 5) is 41.7. The molecule has 3 rings (SSSR count). The van der Waals surface area contributed by atoms with E-state index >= 15 is 0 Å². The number of Topliss-reactive ketones (excluding diaryl/α,β-unsaturated/α-hetero) is 1. The number of esters is 2. The molecule has 0 radical (unpaired) electrons. The van der Waals surface area contributed by atoms with E-state index in [1.165, 1.54) is 7.11 Å². The van der Waals surface area contributed by atoms with Crippen LogP contribution in [-0.2, 0) is 23.9 Å². The smallest absolute Gasteiger partial charge is 0.336 e. The van der Waals surface area contributed by atoms with Crippen LogP contribution in [0.5, 0.6) is 0 Å². The molecule has 1 N–H and O–H groups in total. The number of ether oxygens (including phenoxy) is 2.